The predicted molar refractivity (Wildman–Crippen MR) is 82.4 cm³/mol. The van der Waals surface area contributed by atoms with Gasteiger partial charge in [0.25, 0.3) is 0 Å². The van der Waals surface area contributed by atoms with Crippen LogP contribution in [0.5, 0.6) is 0 Å². The SMILES string of the molecule is Cc1cc(C)c(NCc2cc(F)ccc2Cl)c(Br)c1. The van der Waals surface area contributed by atoms with Gasteiger partial charge in [-0.3, -0.25) is 0 Å². The Kier molecular flexibility index (Phi) is 4.48. The third-order valence-electron chi connectivity index (χ3n) is 2.90. The summed E-state index contributed by atoms with van der Waals surface area (Å²) in [5, 5.41) is 3.86. The Morgan fingerprint density at radius 2 is 1.95 bits per heavy atom. The van der Waals surface area contributed by atoms with Crippen LogP contribution in [0.2, 0.25) is 5.02 Å². The summed E-state index contributed by atoms with van der Waals surface area (Å²) in [5.74, 6) is -0.277. The lowest BCUT2D eigenvalue weighted by Crippen LogP contribution is -2.03. The van der Waals surface area contributed by atoms with Crippen LogP contribution >= 0.6 is 27.5 Å². The molecular weight excluding hydrogens is 329 g/mol. The van der Waals surface area contributed by atoms with Crippen LogP contribution in [0.25, 0.3) is 0 Å². The minimum absolute atomic E-state index is 0.277. The highest BCUT2D eigenvalue weighted by atomic mass is 79.9. The molecule has 4 heteroatoms. The first-order valence-electron chi connectivity index (χ1n) is 5.92. The van der Waals surface area contributed by atoms with E-state index in [0.717, 1.165) is 21.3 Å². The average Bonchev–Trinajstić information content (AvgIpc) is 2.32. The van der Waals surface area contributed by atoms with Gasteiger partial charge in [-0.25, -0.2) is 4.39 Å². The Bertz CT molecular complexity index is 590. The van der Waals surface area contributed by atoms with Crippen molar-refractivity contribution in [2.24, 2.45) is 0 Å². The van der Waals surface area contributed by atoms with Crippen molar-refractivity contribution in [3.63, 3.8) is 0 Å². The number of rotatable bonds is 3. The summed E-state index contributed by atoms with van der Waals surface area (Å²) < 4.78 is 14.2. The Balaban J connectivity index is 2.21. The van der Waals surface area contributed by atoms with Crippen LogP contribution < -0.4 is 5.32 Å². The van der Waals surface area contributed by atoms with Gasteiger partial charge < -0.3 is 5.32 Å². The molecule has 100 valence electrons. The molecule has 0 atom stereocenters. The molecule has 0 saturated heterocycles. The summed E-state index contributed by atoms with van der Waals surface area (Å²) in [6, 6.07) is 8.53. The largest absolute Gasteiger partial charge is 0.380 e. The number of hydrogen-bond acceptors (Lipinski definition) is 1. The summed E-state index contributed by atoms with van der Waals surface area (Å²) in [5.41, 5.74) is 4.08. The van der Waals surface area contributed by atoms with Gasteiger partial charge in [0.2, 0.25) is 0 Å². The number of halogens is 3. The normalized spacial score (nSPS) is 10.6. The van der Waals surface area contributed by atoms with Gasteiger partial charge in [0.05, 0.1) is 5.69 Å². The molecule has 0 saturated carbocycles. The number of benzene rings is 2. The second kappa shape index (κ2) is 5.93. The number of aryl methyl sites for hydroxylation is 2. The summed E-state index contributed by atoms with van der Waals surface area (Å²) in [7, 11) is 0. The highest BCUT2D eigenvalue weighted by molar-refractivity contribution is 9.10. The standard InChI is InChI=1S/C15H14BrClFN/c1-9-5-10(2)15(13(16)6-9)19-8-11-7-12(18)3-4-14(11)17/h3-7,19H,8H2,1-2H3. The van der Waals surface area contributed by atoms with Crippen molar-refractivity contribution >= 4 is 33.2 Å². The lowest BCUT2D eigenvalue weighted by atomic mass is 10.1. The molecule has 0 heterocycles. The van der Waals surface area contributed by atoms with Gasteiger partial charge in [0.15, 0.2) is 0 Å². The fourth-order valence-electron chi connectivity index (χ4n) is 2.00. The smallest absolute Gasteiger partial charge is 0.123 e. The summed E-state index contributed by atoms with van der Waals surface area (Å²) in [6.07, 6.45) is 0. The van der Waals surface area contributed by atoms with E-state index in [1.54, 1.807) is 6.07 Å². The second-order valence-corrected chi connectivity index (χ2v) is 5.79. The molecule has 19 heavy (non-hydrogen) atoms. The minimum atomic E-state index is -0.277. The maximum Gasteiger partial charge on any atom is 0.123 e. The molecule has 0 aliphatic carbocycles. The Labute approximate surface area is 125 Å². The Morgan fingerprint density at radius 3 is 2.63 bits per heavy atom. The van der Waals surface area contributed by atoms with Gasteiger partial charge in [0, 0.05) is 16.0 Å². The molecule has 0 bridgehead atoms. The molecule has 2 aromatic rings. The van der Waals surface area contributed by atoms with Crippen LogP contribution in [-0.2, 0) is 6.54 Å². The van der Waals surface area contributed by atoms with Crippen molar-refractivity contribution in [2.75, 3.05) is 5.32 Å². The van der Waals surface area contributed by atoms with E-state index >= 15 is 0 Å². The van der Waals surface area contributed by atoms with Crippen molar-refractivity contribution in [1.82, 2.24) is 0 Å². The molecular formula is C15H14BrClFN. The fourth-order valence-corrected chi connectivity index (χ4v) is 3.00. The first-order chi connectivity index (χ1) is 8.97. The first-order valence-corrected chi connectivity index (χ1v) is 7.09. The van der Waals surface area contributed by atoms with E-state index in [0.29, 0.717) is 11.6 Å². The van der Waals surface area contributed by atoms with E-state index in [1.807, 2.05) is 19.9 Å². The van der Waals surface area contributed by atoms with Gasteiger partial charge in [-0.15, -0.1) is 0 Å². The van der Waals surface area contributed by atoms with E-state index in [1.165, 1.54) is 17.7 Å². The summed E-state index contributed by atoms with van der Waals surface area (Å²) in [4.78, 5) is 0. The van der Waals surface area contributed by atoms with Gasteiger partial charge in [-0.1, -0.05) is 17.7 Å². The maximum atomic E-state index is 13.2. The fraction of sp³-hybridized carbons (Fsp3) is 0.200. The second-order valence-electron chi connectivity index (χ2n) is 4.53. The van der Waals surface area contributed by atoms with Crippen LogP contribution in [0, 0.1) is 19.7 Å². The molecule has 1 N–H and O–H groups in total. The summed E-state index contributed by atoms with van der Waals surface area (Å²) >= 11 is 9.58. The van der Waals surface area contributed by atoms with Crippen LogP contribution in [0.4, 0.5) is 10.1 Å². The zero-order valence-corrected chi connectivity index (χ0v) is 13.1. The van der Waals surface area contributed by atoms with E-state index in [4.69, 9.17) is 11.6 Å². The number of hydrogen-bond donors (Lipinski definition) is 1. The van der Waals surface area contributed by atoms with Crippen LogP contribution in [0.1, 0.15) is 16.7 Å². The number of anilines is 1. The highest BCUT2D eigenvalue weighted by Gasteiger charge is 2.07. The van der Waals surface area contributed by atoms with Crippen molar-refractivity contribution in [1.29, 1.82) is 0 Å². The minimum Gasteiger partial charge on any atom is -0.380 e. The molecule has 0 spiro atoms. The predicted octanol–water partition coefficient (Wildman–Crippen LogP) is 5.47. The Hall–Kier alpha value is -1.06. The first kappa shape index (κ1) is 14.4. The highest BCUT2D eigenvalue weighted by Crippen LogP contribution is 2.29. The molecule has 2 rings (SSSR count). The molecule has 2 aromatic carbocycles. The van der Waals surface area contributed by atoms with E-state index < -0.39 is 0 Å². The van der Waals surface area contributed by atoms with E-state index in [2.05, 4.69) is 27.3 Å². The molecule has 0 aromatic heterocycles. The van der Waals surface area contributed by atoms with Crippen molar-refractivity contribution < 1.29 is 4.39 Å². The van der Waals surface area contributed by atoms with Gasteiger partial charge >= 0.3 is 0 Å². The van der Waals surface area contributed by atoms with Crippen LogP contribution in [0.15, 0.2) is 34.8 Å². The van der Waals surface area contributed by atoms with E-state index in [-0.39, 0.29) is 5.82 Å². The molecule has 0 amide bonds. The zero-order valence-electron chi connectivity index (χ0n) is 10.7. The third-order valence-corrected chi connectivity index (χ3v) is 3.89. The van der Waals surface area contributed by atoms with Crippen molar-refractivity contribution in [2.45, 2.75) is 20.4 Å². The van der Waals surface area contributed by atoms with Gasteiger partial charge in [-0.05, 0) is 70.7 Å². The number of nitrogens with one attached hydrogen (secondary N) is 1. The molecule has 0 unspecified atom stereocenters. The maximum absolute atomic E-state index is 13.2. The van der Waals surface area contributed by atoms with Gasteiger partial charge in [0.1, 0.15) is 5.82 Å². The lowest BCUT2D eigenvalue weighted by Gasteiger charge is -2.13. The van der Waals surface area contributed by atoms with Crippen LogP contribution in [-0.4, -0.2) is 0 Å². The molecule has 0 aliphatic heterocycles. The van der Waals surface area contributed by atoms with Gasteiger partial charge in [-0.2, -0.15) is 0 Å². The quantitative estimate of drug-likeness (QED) is 0.780. The molecule has 0 aliphatic rings. The van der Waals surface area contributed by atoms with Crippen LogP contribution in [0.3, 0.4) is 0 Å². The third kappa shape index (κ3) is 3.48. The van der Waals surface area contributed by atoms with Crippen molar-refractivity contribution in [3.8, 4) is 0 Å². The monoisotopic (exact) mass is 341 g/mol. The average molecular weight is 343 g/mol. The van der Waals surface area contributed by atoms with Crippen molar-refractivity contribution in [3.05, 3.63) is 62.3 Å². The Morgan fingerprint density at radius 1 is 1.21 bits per heavy atom. The zero-order chi connectivity index (χ0) is 14.0. The molecule has 1 nitrogen and oxygen atoms in total. The summed E-state index contributed by atoms with van der Waals surface area (Å²) in [6.45, 7) is 4.57. The lowest BCUT2D eigenvalue weighted by molar-refractivity contribution is 0.626. The molecule has 0 radical (unpaired) electrons. The molecule has 0 fully saturated rings. The topological polar surface area (TPSA) is 12.0 Å². The van der Waals surface area contributed by atoms with E-state index in [9.17, 15) is 4.39 Å².